The van der Waals surface area contributed by atoms with Crippen molar-refractivity contribution in [3.8, 4) is 22.6 Å². The molecule has 0 saturated heterocycles. The molecule has 210 valence electrons. The van der Waals surface area contributed by atoms with Gasteiger partial charge in [-0.25, -0.2) is 8.78 Å². The van der Waals surface area contributed by atoms with E-state index in [2.05, 4.69) is 17.2 Å². The molecule has 0 unspecified atom stereocenters. The summed E-state index contributed by atoms with van der Waals surface area (Å²) in [4.78, 5) is 25.9. The Labute approximate surface area is 226 Å². The standard InChI is InChI=1S/C29H25F5N2O4/c1-4-35-27-18-13-17(9-10-21(18)30)40-23-8-6-7-20(29(32,33)34)25(23)16-11-15(3)26(31)19(12-16)22(36-28(27)38)14-24(37)39-5-2/h4,6-13,22,27,35H,1,5,14H2,2-3H3,(H,36,38)/t22-,27-/m0/s1. The van der Waals surface area contributed by atoms with Crippen LogP contribution in [-0.2, 0) is 20.5 Å². The van der Waals surface area contributed by atoms with Crippen molar-refractivity contribution < 1.29 is 41.0 Å². The molecule has 1 aliphatic rings. The fourth-order valence-corrected chi connectivity index (χ4v) is 4.58. The molecule has 1 amide bonds. The number of carbonyl (C=O) groups is 2. The van der Waals surface area contributed by atoms with Crippen molar-refractivity contribution in [1.29, 1.82) is 0 Å². The fraction of sp³-hybridized carbons (Fsp3) is 0.241. The molecule has 4 rings (SSSR count). The number of carbonyl (C=O) groups excluding carboxylic acids is 2. The molecule has 3 aromatic rings. The number of hydrogen-bond donors (Lipinski definition) is 2. The van der Waals surface area contributed by atoms with Gasteiger partial charge in [0, 0.05) is 16.7 Å². The van der Waals surface area contributed by atoms with E-state index in [0.29, 0.717) is 0 Å². The zero-order valence-corrected chi connectivity index (χ0v) is 21.5. The molecule has 3 aromatic carbocycles. The summed E-state index contributed by atoms with van der Waals surface area (Å²) < 4.78 is 84.1. The molecule has 0 spiro atoms. The monoisotopic (exact) mass is 560 g/mol. The normalized spacial score (nSPS) is 16.7. The zero-order chi connectivity index (χ0) is 29.2. The van der Waals surface area contributed by atoms with Gasteiger partial charge in [0.25, 0.3) is 0 Å². The van der Waals surface area contributed by atoms with E-state index in [0.717, 1.165) is 30.5 Å². The predicted molar refractivity (Wildman–Crippen MR) is 136 cm³/mol. The minimum absolute atomic E-state index is 0.000641. The largest absolute Gasteiger partial charge is 0.466 e. The highest BCUT2D eigenvalue weighted by Gasteiger charge is 2.37. The van der Waals surface area contributed by atoms with Crippen molar-refractivity contribution in [3.05, 3.63) is 95.2 Å². The minimum atomic E-state index is -4.82. The van der Waals surface area contributed by atoms with E-state index in [1.165, 1.54) is 31.2 Å². The van der Waals surface area contributed by atoms with Crippen LogP contribution in [0.4, 0.5) is 22.0 Å². The molecule has 4 bridgehead atoms. The SMILES string of the molecule is C=CN[C@@H]1C(=O)N[C@@H](CC(=O)OCC)c2cc(cc(C)c2F)-c2c(cccc2C(F)(F)F)Oc2ccc(F)c1c2. The number of alkyl halides is 3. The summed E-state index contributed by atoms with van der Waals surface area (Å²) in [6, 6.07) is 6.23. The number of aryl methyl sites for hydroxylation is 1. The summed E-state index contributed by atoms with van der Waals surface area (Å²) >= 11 is 0. The van der Waals surface area contributed by atoms with Crippen LogP contribution in [0.15, 0.2) is 61.3 Å². The van der Waals surface area contributed by atoms with Crippen LogP contribution in [0.5, 0.6) is 11.5 Å². The van der Waals surface area contributed by atoms with Crippen molar-refractivity contribution in [1.82, 2.24) is 10.6 Å². The lowest BCUT2D eigenvalue weighted by Gasteiger charge is -2.25. The average molecular weight is 561 g/mol. The molecule has 0 radical (unpaired) electrons. The van der Waals surface area contributed by atoms with Gasteiger partial charge < -0.3 is 20.1 Å². The molecule has 6 nitrogen and oxygen atoms in total. The molecule has 0 aliphatic carbocycles. The molecular weight excluding hydrogens is 535 g/mol. The van der Waals surface area contributed by atoms with Crippen LogP contribution < -0.4 is 15.4 Å². The van der Waals surface area contributed by atoms with Gasteiger partial charge in [0.15, 0.2) is 0 Å². The smallest absolute Gasteiger partial charge is 0.417 e. The number of benzene rings is 3. The lowest BCUT2D eigenvalue weighted by atomic mass is 9.91. The third-order valence-corrected chi connectivity index (χ3v) is 6.32. The van der Waals surface area contributed by atoms with Crippen molar-refractivity contribution in [2.24, 2.45) is 0 Å². The van der Waals surface area contributed by atoms with E-state index in [1.54, 1.807) is 6.92 Å². The average Bonchev–Trinajstić information content (AvgIpc) is 2.89. The van der Waals surface area contributed by atoms with Gasteiger partial charge in [-0.1, -0.05) is 12.6 Å². The van der Waals surface area contributed by atoms with Crippen LogP contribution in [0.25, 0.3) is 11.1 Å². The number of halogens is 5. The van der Waals surface area contributed by atoms with Crippen molar-refractivity contribution >= 4 is 11.9 Å². The van der Waals surface area contributed by atoms with Crippen LogP contribution in [0.3, 0.4) is 0 Å². The van der Waals surface area contributed by atoms with E-state index in [1.807, 2.05) is 0 Å². The third kappa shape index (κ3) is 5.78. The van der Waals surface area contributed by atoms with Crippen molar-refractivity contribution in [2.75, 3.05) is 6.61 Å². The maximum absolute atomic E-state index is 15.6. The first-order valence-corrected chi connectivity index (χ1v) is 12.3. The van der Waals surface area contributed by atoms with E-state index in [-0.39, 0.29) is 40.4 Å². The van der Waals surface area contributed by atoms with Crippen LogP contribution in [0.1, 0.15) is 47.7 Å². The molecule has 0 saturated carbocycles. The highest BCUT2D eigenvalue weighted by atomic mass is 19.4. The molecule has 0 aromatic heterocycles. The molecule has 1 heterocycles. The van der Waals surface area contributed by atoms with E-state index < -0.39 is 59.3 Å². The van der Waals surface area contributed by atoms with Crippen LogP contribution in [0.2, 0.25) is 0 Å². The van der Waals surface area contributed by atoms with Gasteiger partial charge in [0.05, 0.1) is 24.6 Å². The summed E-state index contributed by atoms with van der Waals surface area (Å²) in [6.07, 6.45) is -4.23. The number of hydrogen-bond acceptors (Lipinski definition) is 5. The van der Waals surface area contributed by atoms with Gasteiger partial charge >= 0.3 is 12.1 Å². The summed E-state index contributed by atoms with van der Waals surface area (Å²) in [5.74, 6) is -3.62. The Balaban J connectivity index is 2.06. The van der Waals surface area contributed by atoms with Gasteiger partial charge in [0.2, 0.25) is 5.91 Å². The molecule has 11 heteroatoms. The Morgan fingerprint density at radius 1 is 1.15 bits per heavy atom. The summed E-state index contributed by atoms with van der Waals surface area (Å²) in [7, 11) is 0. The van der Waals surface area contributed by atoms with E-state index >= 15 is 4.39 Å². The number of ether oxygens (including phenoxy) is 2. The predicted octanol–water partition coefficient (Wildman–Crippen LogP) is 6.65. The van der Waals surface area contributed by atoms with Crippen molar-refractivity contribution in [3.63, 3.8) is 0 Å². The van der Waals surface area contributed by atoms with Crippen LogP contribution >= 0.6 is 0 Å². The Morgan fingerprint density at radius 2 is 1.90 bits per heavy atom. The number of amides is 1. The van der Waals surface area contributed by atoms with E-state index in [4.69, 9.17) is 9.47 Å². The number of fused-ring (bicyclic) bond motifs is 6. The zero-order valence-electron chi connectivity index (χ0n) is 21.5. The van der Waals surface area contributed by atoms with Crippen molar-refractivity contribution in [2.45, 2.75) is 38.5 Å². The summed E-state index contributed by atoms with van der Waals surface area (Å²) in [5.41, 5.74) is -2.05. The maximum atomic E-state index is 15.6. The first-order valence-electron chi connectivity index (χ1n) is 12.3. The maximum Gasteiger partial charge on any atom is 0.417 e. The fourth-order valence-electron chi connectivity index (χ4n) is 4.58. The molecule has 0 fully saturated rings. The van der Waals surface area contributed by atoms with Crippen LogP contribution in [0, 0.1) is 18.6 Å². The number of esters is 1. The molecular formula is C29H25F5N2O4. The second kappa shape index (κ2) is 11.4. The lowest BCUT2D eigenvalue weighted by molar-refractivity contribution is -0.144. The van der Waals surface area contributed by atoms with Gasteiger partial charge in [0.1, 0.15) is 29.2 Å². The topological polar surface area (TPSA) is 76.7 Å². The quantitative estimate of drug-likeness (QED) is 0.270. The van der Waals surface area contributed by atoms with E-state index in [9.17, 15) is 27.2 Å². The van der Waals surface area contributed by atoms with Gasteiger partial charge in [-0.15, -0.1) is 0 Å². The third-order valence-electron chi connectivity index (χ3n) is 6.32. The van der Waals surface area contributed by atoms with Crippen LogP contribution in [-0.4, -0.2) is 18.5 Å². The highest BCUT2D eigenvalue weighted by Crippen LogP contribution is 2.45. The molecule has 1 aliphatic heterocycles. The lowest BCUT2D eigenvalue weighted by Crippen LogP contribution is -2.39. The second-order valence-electron chi connectivity index (χ2n) is 9.03. The van der Waals surface area contributed by atoms with Gasteiger partial charge in [-0.3, -0.25) is 9.59 Å². The Kier molecular flexibility index (Phi) is 8.13. The van der Waals surface area contributed by atoms with Gasteiger partial charge in [-0.05, 0) is 73.6 Å². The molecule has 40 heavy (non-hydrogen) atoms. The van der Waals surface area contributed by atoms with Gasteiger partial charge in [-0.2, -0.15) is 13.2 Å². The summed E-state index contributed by atoms with van der Waals surface area (Å²) in [5, 5.41) is 5.17. The first kappa shape index (κ1) is 28.6. The summed E-state index contributed by atoms with van der Waals surface area (Å²) in [6.45, 7) is 6.42. The second-order valence-corrected chi connectivity index (χ2v) is 9.03. The Morgan fingerprint density at radius 3 is 2.58 bits per heavy atom. The Bertz CT molecular complexity index is 1470. The molecule has 2 atom stereocenters. The number of rotatable bonds is 5. The first-order chi connectivity index (χ1) is 18.9. The Hall–Kier alpha value is -4.41. The highest BCUT2D eigenvalue weighted by molar-refractivity contribution is 5.85. The minimum Gasteiger partial charge on any atom is -0.466 e. The molecule has 2 N–H and O–H groups in total. The number of nitrogens with one attached hydrogen (secondary N) is 2.